The Morgan fingerprint density at radius 2 is 1.73 bits per heavy atom. The predicted octanol–water partition coefficient (Wildman–Crippen LogP) is 1.89. The molecule has 0 unspecified atom stereocenters. The fraction of sp³-hybridized carbons (Fsp3) is 1.00. The van der Waals surface area contributed by atoms with E-state index in [1.165, 1.54) is 49.7 Å². The summed E-state index contributed by atoms with van der Waals surface area (Å²) in [5.41, 5.74) is 0. The summed E-state index contributed by atoms with van der Waals surface area (Å²) in [5, 5.41) is 0. The lowest BCUT2D eigenvalue weighted by atomic mass is 9.82. The Morgan fingerprint density at radius 1 is 0.955 bits per heavy atom. The molecule has 3 saturated heterocycles. The topological polar surface area (TPSA) is 18.5 Å². The van der Waals surface area contributed by atoms with Crippen molar-refractivity contribution >= 4 is 0 Å². The lowest BCUT2D eigenvalue weighted by molar-refractivity contribution is -0.947. The average molecular weight is 312 g/mol. The number of rotatable bonds is 5. The van der Waals surface area contributed by atoms with Crippen molar-refractivity contribution in [3.8, 4) is 0 Å². The summed E-state index contributed by atoms with van der Waals surface area (Å²) in [7, 11) is 4.84. The van der Waals surface area contributed by atoms with Crippen LogP contribution in [0.2, 0.25) is 0 Å². The van der Waals surface area contributed by atoms with Crippen molar-refractivity contribution in [2.45, 2.75) is 38.1 Å². The maximum atomic E-state index is 6.17. The van der Waals surface area contributed by atoms with Gasteiger partial charge in [-0.3, -0.25) is 0 Å². The number of nitrogens with zero attached hydrogens (tertiary/aromatic N) is 2. The van der Waals surface area contributed by atoms with Gasteiger partial charge in [0.2, 0.25) is 0 Å². The molecule has 0 aliphatic carbocycles. The van der Waals surface area contributed by atoms with Gasteiger partial charge in [-0.2, -0.15) is 0 Å². The summed E-state index contributed by atoms with van der Waals surface area (Å²) in [6, 6.07) is 0.871. The molecule has 0 saturated carbocycles. The van der Waals surface area contributed by atoms with Crippen LogP contribution < -0.4 is 0 Å². The molecule has 0 radical (unpaired) electrons. The highest BCUT2D eigenvalue weighted by molar-refractivity contribution is 4.78. The number of fused-ring (bicyclic) bond motifs is 1. The number of morpholine rings is 1. The Balaban J connectivity index is 1.43. The summed E-state index contributed by atoms with van der Waals surface area (Å²) < 4.78 is 14.1. The number of piperidine rings is 2. The molecule has 0 spiro atoms. The Labute approximate surface area is 136 Å². The molecule has 3 atom stereocenters. The van der Waals surface area contributed by atoms with Gasteiger partial charge in [-0.25, -0.2) is 0 Å². The van der Waals surface area contributed by atoms with Gasteiger partial charge in [0, 0.05) is 12.3 Å². The van der Waals surface area contributed by atoms with Gasteiger partial charge in [0.25, 0.3) is 0 Å². The summed E-state index contributed by atoms with van der Waals surface area (Å²) >= 11 is 0. The second-order valence-corrected chi connectivity index (χ2v) is 8.37. The highest BCUT2D eigenvalue weighted by Crippen LogP contribution is 2.36. The van der Waals surface area contributed by atoms with Gasteiger partial charge in [-0.15, -0.1) is 0 Å². The van der Waals surface area contributed by atoms with Crippen molar-refractivity contribution in [2.75, 3.05) is 73.2 Å². The first-order chi connectivity index (χ1) is 10.6. The lowest BCUT2D eigenvalue weighted by Gasteiger charge is -2.51. The van der Waals surface area contributed by atoms with E-state index in [9.17, 15) is 0 Å². The van der Waals surface area contributed by atoms with Crippen LogP contribution in [0.5, 0.6) is 0 Å². The van der Waals surface area contributed by atoms with Crippen LogP contribution >= 0.6 is 0 Å². The quantitative estimate of drug-likeness (QED) is 0.570. The Morgan fingerprint density at radius 3 is 2.55 bits per heavy atom. The molecule has 4 heteroatoms. The van der Waals surface area contributed by atoms with Crippen molar-refractivity contribution in [3.05, 3.63) is 0 Å². The summed E-state index contributed by atoms with van der Waals surface area (Å²) in [5.74, 6) is 0.800. The van der Waals surface area contributed by atoms with E-state index in [0.717, 1.165) is 62.5 Å². The monoisotopic (exact) mass is 312 g/mol. The van der Waals surface area contributed by atoms with Crippen LogP contribution in [0.3, 0.4) is 0 Å². The zero-order chi connectivity index (χ0) is 15.5. The molecule has 22 heavy (non-hydrogen) atoms. The minimum absolute atomic E-state index is 0.800. The molecule has 128 valence electrons. The third kappa shape index (κ3) is 3.84. The third-order valence-corrected chi connectivity index (χ3v) is 6.67. The Bertz CT molecular complexity index is 353. The van der Waals surface area contributed by atoms with Crippen LogP contribution in [0.1, 0.15) is 32.1 Å². The molecule has 3 heterocycles. The van der Waals surface area contributed by atoms with E-state index in [1.807, 2.05) is 0 Å². The number of likely N-dealkylation sites (N-methyl/N-ethyl adjacent to an activating group) is 1. The van der Waals surface area contributed by atoms with Gasteiger partial charge in [-0.1, -0.05) is 0 Å². The number of hydrogen-bond acceptors (Lipinski definition) is 2. The smallest absolute Gasteiger partial charge is 0.102 e. The van der Waals surface area contributed by atoms with Crippen LogP contribution in [0.4, 0.5) is 0 Å². The molecular formula is C18H36N2O2+2. The van der Waals surface area contributed by atoms with Crippen molar-refractivity contribution < 1.29 is 18.4 Å². The molecule has 0 N–H and O–H groups in total. The fourth-order valence-corrected chi connectivity index (χ4v) is 4.95. The van der Waals surface area contributed by atoms with E-state index in [4.69, 9.17) is 9.47 Å². The van der Waals surface area contributed by atoms with E-state index in [2.05, 4.69) is 14.1 Å². The second kappa shape index (κ2) is 7.16. The highest BCUT2D eigenvalue weighted by atomic mass is 16.5. The van der Waals surface area contributed by atoms with Gasteiger partial charge >= 0.3 is 0 Å². The van der Waals surface area contributed by atoms with E-state index in [1.54, 1.807) is 0 Å². The first-order valence-corrected chi connectivity index (χ1v) is 9.45. The van der Waals surface area contributed by atoms with Gasteiger partial charge in [0.05, 0.1) is 59.7 Å². The third-order valence-electron chi connectivity index (χ3n) is 6.67. The first-order valence-electron chi connectivity index (χ1n) is 9.45. The molecule has 4 nitrogen and oxygen atoms in total. The summed E-state index contributed by atoms with van der Waals surface area (Å²) in [4.78, 5) is 0. The van der Waals surface area contributed by atoms with Gasteiger partial charge < -0.3 is 18.4 Å². The first kappa shape index (κ1) is 16.7. The van der Waals surface area contributed by atoms with Gasteiger partial charge in [-0.05, 0) is 25.7 Å². The standard InChI is InChI=1S/C18H36N2O2/c1-19(10-13-21-14-11-19)12-15-22-16-17-6-5-9-20(2)8-4-3-7-18(17)20/h17-18H,3-16H2,1-2H3/q+2/t17-,18+,20-/m0/s1. The van der Waals surface area contributed by atoms with Gasteiger partial charge in [0.1, 0.15) is 19.6 Å². The van der Waals surface area contributed by atoms with Crippen LogP contribution in [0.25, 0.3) is 0 Å². The van der Waals surface area contributed by atoms with Crippen LogP contribution in [0.15, 0.2) is 0 Å². The highest BCUT2D eigenvalue weighted by Gasteiger charge is 2.43. The van der Waals surface area contributed by atoms with Crippen molar-refractivity contribution in [3.63, 3.8) is 0 Å². The van der Waals surface area contributed by atoms with Crippen LogP contribution in [-0.2, 0) is 9.47 Å². The Hall–Kier alpha value is -0.160. The average Bonchev–Trinajstić information content (AvgIpc) is 2.51. The Kier molecular flexibility index (Phi) is 5.43. The maximum Gasteiger partial charge on any atom is 0.102 e. The van der Waals surface area contributed by atoms with Crippen molar-refractivity contribution in [2.24, 2.45) is 5.92 Å². The molecule has 0 aromatic carbocycles. The molecular weight excluding hydrogens is 276 g/mol. The molecule has 3 rings (SSSR count). The summed E-state index contributed by atoms with van der Waals surface area (Å²) in [6.45, 7) is 9.97. The summed E-state index contributed by atoms with van der Waals surface area (Å²) in [6.07, 6.45) is 7.07. The molecule has 0 aromatic heterocycles. The lowest BCUT2D eigenvalue weighted by Crippen LogP contribution is -2.61. The normalized spacial score (nSPS) is 38.5. The SMILES string of the molecule is C[N+]1(CCOC[C@@H]2CCC[N@+]3(C)CCCC[C@H]23)CCOCC1. The zero-order valence-electron chi connectivity index (χ0n) is 14.8. The van der Waals surface area contributed by atoms with E-state index in [0.29, 0.717) is 0 Å². The minimum atomic E-state index is 0.800. The van der Waals surface area contributed by atoms with Gasteiger partial charge in [0.15, 0.2) is 0 Å². The number of hydrogen-bond donors (Lipinski definition) is 0. The van der Waals surface area contributed by atoms with Crippen LogP contribution in [0, 0.1) is 5.92 Å². The molecule has 0 bridgehead atoms. The molecule has 0 aromatic rings. The van der Waals surface area contributed by atoms with E-state index < -0.39 is 0 Å². The number of ether oxygens (including phenoxy) is 2. The predicted molar refractivity (Wildman–Crippen MR) is 88.7 cm³/mol. The zero-order valence-corrected chi connectivity index (χ0v) is 14.8. The number of quaternary nitrogens is 2. The van der Waals surface area contributed by atoms with E-state index in [-0.39, 0.29) is 0 Å². The van der Waals surface area contributed by atoms with E-state index >= 15 is 0 Å². The second-order valence-electron chi connectivity index (χ2n) is 8.37. The molecule has 3 fully saturated rings. The maximum absolute atomic E-state index is 6.17. The van der Waals surface area contributed by atoms with Crippen LogP contribution in [-0.4, -0.2) is 88.3 Å². The van der Waals surface area contributed by atoms with Crippen molar-refractivity contribution in [1.29, 1.82) is 0 Å². The minimum Gasteiger partial charge on any atom is -0.375 e. The molecule has 3 aliphatic rings. The van der Waals surface area contributed by atoms with Crippen molar-refractivity contribution in [1.82, 2.24) is 0 Å². The molecule has 3 aliphatic heterocycles. The molecule has 0 amide bonds. The largest absolute Gasteiger partial charge is 0.375 e. The fourth-order valence-electron chi connectivity index (χ4n) is 4.95.